The first-order valence-corrected chi connectivity index (χ1v) is 13.7. The van der Waals surface area contributed by atoms with E-state index in [1.807, 2.05) is 0 Å². The topological polar surface area (TPSA) is 99.6 Å². The number of nitrogens with one attached hydrogen (secondary N) is 2. The molecule has 2 fully saturated rings. The molecule has 0 bridgehead atoms. The molecule has 0 spiro atoms. The molecule has 0 unspecified atom stereocenters. The van der Waals surface area contributed by atoms with Crippen molar-refractivity contribution in [3.8, 4) is 0 Å². The van der Waals surface area contributed by atoms with Gasteiger partial charge in [0.1, 0.15) is 0 Å². The molecule has 7 nitrogen and oxygen atoms in total. The number of halogens is 1. The van der Waals surface area contributed by atoms with Crippen molar-refractivity contribution in [2.24, 2.45) is 5.92 Å². The number of anilines is 1. The van der Waals surface area contributed by atoms with Gasteiger partial charge < -0.3 is 47.1 Å². The second-order valence-corrected chi connectivity index (χ2v) is 10.9. The Kier molecular flexibility index (Phi) is 18.4. The van der Waals surface area contributed by atoms with Crippen molar-refractivity contribution in [2.75, 3.05) is 31.0 Å². The molecule has 2 N–H and O–H groups in total. The molecule has 2 aromatic rings. The first kappa shape index (κ1) is 39.3. The van der Waals surface area contributed by atoms with Gasteiger partial charge in [-0.05, 0) is 25.0 Å². The van der Waals surface area contributed by atoms with E-state index in [1.165, 1.54) is 49.2 Å². The quantitative estimate of drug-likeness (QED) is 0.258. The molecule has 0 atom stereocenters. The Bertz CT molecular complexity index is 1130. The first-order valence-electron chi connectivity index (χ1n) is 11.1. The van der Waals surface area contributed by atoms with Crippen LogP contribution < -0.4 is 42.4 Å². The van der Waals surface area contributed by atoms with Crippen LogP contribution in [0.4, 0.5) is 10.1 Å². The average Bonchev–Trinajstić information content (AvgIpc) is 3.63. The van der Waals surface area contributed by atoms with E-state index in [1.54, 1.807) is 0 Å². The van der Waals surface area contributed by atoms with E-state index in [9.17, 15) is 17.0 Å². The van der Waals surface area contributed by atoms with Crippen LogP contribution in [0.25, 0.3) is 0 Å². The summed E-state index contributed by atoms with van der Waals surface area (Å²) in [6.45, 7) is 12.1. The van der Waals surface area contributed by atoms with Crippen LogP contribution in [0.1, 0.15) is 25.7 Å². The molecule has 12 heteroatoms. The molecule has 0 aromatic heterocycles. The molecule has 2 aliphatic rings. The second kappa shape index (κ2) is 17.8. The van der Waals surface area contributed by atoms with E-state index in [-0.39, 0.29) is 68.1 Å². The third-order valence-corrected chi connectivity index (χ3v) is 8.29. The van der Waals surface area contributed by atoms with E-state index in [2.05, 4.69) is 29.5 Å². The molecule has 204 valence electrons. The van der Waals surface area contributed by atoms with E-state index < -0.39 is 26.4 Å². The Morgan fingerprint density at radius 3 is 2.08 bits per heavy atom. The Balaban J connectivity index is 0. The molecule has 2 aromatic carbocycles. The van der Waals surface area contributed by atoms with Crippen LogP contribution in [0.3, 0.4) is 0 Å². The minimum atomic E-state index is -3.88. The summed E-state index contributed by atoms with van der Waals surface area (Å²) in [5, 5.41) is 0. The molecular formula is C26H36FLi2N3O4S2-4. The standard InChI is InChI=1S/C12H9FN2O3S2.C12H21NO.2CH3.2Li/c13-9-2-1-3-10(8-9)15-20(17,18)12-6-4-11(5-7-12)19(14)16;1-3-11(4-2)12(5-6-12)13-7-9-14-10-8-13;;;;/h1-7,14-15H;11H,1-10H2;2*1H3;;/q2*-2;2*-1;2*+1. The molecule has 4 rings (SSSR count). The normalized spacial score (nSPS) is 15.9. The zero-order chi connectivity index (χ0) is 24.8. The molecule has 1 aliphatic carbocycles. The molecule has 1 saturated carbocycles. The summed E-state index contributed by atoms with van der Waals surface area (Å²) < 4.78 is 62.5. The number of hydrogen-bond acceptors (Lipinski definition) is 7. The fourth-order valence-corrected chi connectivity index (χ4v) is 5.65. The maximum absolute atomic E-state index is 12.9. The predicted molar refractivity (Wildman–Crippen MR) is 142 cm³/mol. The minimum Gasteiger partial charge on any atom is -0.440 e. The SMILES string of the molecule is N=[S-](=O)c1ccc(S(=O)(=O)Nc2[c-]c(F)ccc2)cc1.[CH2-]CC(C[CH2-])C1(N2CCOCC2)CC1.[CH3-].[CH3-].[Li+].[Li+]. The van der Waals surface area contributed by atoms with E-state index >= 15 is 0 Å². The van der Waals surface area contributed by atoms with Gasteiger partial charge in [-0.15, -0.1) is 18.2 Å². The predicted octanol–water partition coefficient (Wildman–Crippen LogP) is -0.664. The maximum atomic E-state index is 12.9. The van der Waals surface area contributed by atoms with Crippen molar-refractivity contribution >= 4 is 26.3 Å². The van der Waals surface area contributed by atoms with E-state index in [4.69, 9.17) is 9.52 Å². The Morgan fingerprint density at radius 2 is 1.63 bits per heavy atom. The Hall–Kier alpha value is -0.815. The Morgan fingerprint density at radius 1 is 1.08 bits per heavy atom. The van der Waals surface area contributed by atoms with Crippen molar-refractivity contribution in [2.45, 2.75) is 41.0 Å². The van der Waals surface area contributed by atoms with Crippen LogP contribution in [0.5, 0.6) is 0 Å². The van der Waals surface area contributed by atoms with E-state index in [0.29, 0.717) is 11.5 Å². The van der Waals surface area contributed by atoms with Crippen LogP contribution in [0.15, 0.2) is 52.3 Å². The largest absolute Gasteiger partial charge is 1.00 e. The summed E-state index contributed by atoms with van der Waals surface area (Å²) in [5.74, 6) is 0.0192. The molecule has 0 amide bonds. The van der Waals surface area contributed by atoms with Crippen molar-refractivity contribution < 1.29 is 59.5 Å². The monoisotopic (exact) mass is 551 g/mol. The van der Waals surface area contributed by atoms with Gasteiger partial charge in [0.25, 0.3) is 10.0 Å². The maximum Gasteiger partial charge on any atom is 1.00 e. The third kappa shape index (κ3) is 10.3. The number of nitrogens with zero attached hydrogens (tertiary/aromatic N) is 1. The van der Waals surface area contributed by atoms with Gasteiger partial charge >= 0.3 is 37.7 Å². The van der Waals surface area contributed by atoms with Crippen LogP contribution in [0, 0.1) is 51.3 Å². The first-order chi connectivity index (χ1) is 16.2. The van der Waals surface area contributed by atoms with Gasteiger partial charge in [-0.25, -0.2) is 12.8 Å². The third-order valence-electron chi connectivity index (χ3n) is 6.21. The zero-order valence-electron chi connectivity index (χ0n) is 23.0. The molecule has 38 heavy (non-hydrogen) atoms. The van der Waals surface area contributed by atoms with Crippen molar-refractivity contribution in [3.63, 3.8) is 0 Å². The average molecular weight is 552 g/mol. The number of sulfonamides is 1. The summed E-state index contributed by atoms with van der Waals surface area (Å²) in [5.41, 5.74) is 0.450. The summed E-state index contributed by atoms with van der Waals surface area (Å²) in [7, 11) is -5.81. The van der Waals surface area contributed by atoms with Crippen molar-refractivity contribution in [1.82, 2.24) is 4.90 Å². The summed E-state index contributed by atoms with van der Waals surface area (Å²) in [4.78, 5) is 2.74. The molecule has 1 aliphatic heterocycles. The Labute approximate surface area is 255 Å². The molecular weight excluding hydrogens is 515 g/mol. The summed E-state index contributed by atoms with van der Waals surface area (Å²) in [6, 6.07) is 11.1. The van der Waals surface area contributed by atoms with Crippen LogP contribution in [-0.2, 0) is 29.6 Å². The van der Waals surface area contributed by atoms with Gasteiger partial charge in [0.05, 0.1) is 18.1 Å². The van der Waals surface area contributed by atoms with Gasteiger partial charge in [0.2, 0.25) is 0 Å². The summed E-state index contributed by atoms with van der Waals surface area (Å²) >= 11 is 0. The number of rotatable bonds is 8. The zero-order valence-corrected chi connectivity index (χ0v) is 24.6. The number of hydrogen-bond donors (Lipinski definition) is 2. The van der Waals surface area contributed by atoms with Crippen LogP contribution in [-0.4, -0.2) is 45.2 Å². The fraction of sp³-hybridized carbons (Fsp3) is 0.385. The molecule has 0 radical (unpaired) electrons. The van der Waals surface area contributed by atoms with Gasteiger partial charge in [-0.1, -0.05) is 28.6 Å². The van der Waals surface area contributed by atoms with Gasteiger partial charge in [0, 0.05) is 24.4 Å². The summed E-state index contributed by atoms with van der Waals surface area (Å²) in [6.07, 6.45) is 4.76. The van der Waals surface area contributed by atoms with Crippen LogP contribution >= 0.6 is 0 Å². The fourth-order valence-electron chi connectivity index (χ4n) is 4.25. The van der Waals surface area contributed by atoms with Crippen molar-refractivity contribution in [1.29, 1.82) is 4.78 Å². The molecule has 1 heterocycles. The van der Waals surface area contributed by atoms with Gasteiger partial charge in [-0.2, -0.15) is 29.5 Å². The minimum absolute atomic E-state index is 0. The number of benzene rings is 2. The smallest absolute Gasteiger partial charge is 0.440 e. The van der Waals surface area contributed by atoms with Crippen molar-refractivity contribution in [3.05, 3.63) is 83.0 Å². The van der Waals surface area contributed by atoms with Gasteiger partial charge in [0.15, 0.2) is 0 Å². The van der Waals surface area contributed by atoms with Crippen LogP contribution in [0.2, 0.25) is 0 Å². The number of morpholine rings is 1. The number of ether oxygens (including phenoxy) is 1. The molecule has 1 saturated heterocycles. The van der Waals surface area contributed by atoms with E-state index in [0.717, 1.165) is 45.2 Å². The second-order valence-electron chi connectivity index (χ2n) is 8.24. The van der Waals surface area contributed by atoms with Gasteiger partial charge in [-0.3, -0.25) is 4.90 Å².